The van der Waals surface area contributed by atoms with Crippen molar-refractivity contribution in [3.63, 3.8) is 0 Å². The molecular formula is C12H16N4O4. The van der Waals surface area contributed by atoms with Gasteiger partial charge in [0.25, 0.3) is 0 Å². The first-order valence-corrected chi connectivity index (χ1v) is 6.21. The van der Waals surface area contributed by atoms with Crippen LogP contribution in [0.2, 0.25) is 0 Å². The number of aliphatic hydroxyl groups excluding tert-OH is 2. The highest BCUT2D eigenvalue weighted by molar-refractivity contribution is 5.86. The van der Waals surface area contributed by atoms with Crippen LogP contribution in [-0.2, 0) is 9.47 Å². The summed E-state index contributed by atoms with van der Waals surface area (Å²) in [6.45, 7) is 0.199. The van der Waals surface area contributed by atoms with E-state index in [-0.39, 0.29) is 6.61 Å². The Morgan fingerprint density at radius 1 is 1.40 bits per heavy atom. The van der Waals surface area contributed by atoms with Gasteiger partial charge in [-0.3, -0.25) is 0 Å². The average Bonchev–Trinajstić information content (AvgIpc) is 2.97. The number of hydrogen-bond acceptors (Lipinski definition) is 7. The summed E-state index contributed by atoms with van der Waals surface area (Å²) < 4.78 is 12.3. The van der Waals surface area contributed by atoms with Gasteiger partial charge in [-0.15, -0.1) is 0 Å². The van der Waals surface area contributed by atoms with Gasteiger partial charge in [0.1, 0.15) is 36.1 Å². The Hall–Kier alpha value is -1.74. The molecule has 1 unspecified atom stereocenters. The van der Waals surface area contributed by atoms with E-state index >= 15 is 0 Å². The minimum absolute atomic E-state index is 0.199. The van der Waals surface area contributed by atoms with E-state index in [0.29, 0.717) is 16.9 Å². The molecule has 8 nitrogen and oxygen atoms in total. The molecule has 4 atom stereocenters. The smallest absolute Gasteiger partial charge is 0.164 e. The number of aliphatic hydroxyl groups is 2. The van der Waals surface area contributed by atoms with Gasteiger partial charge >= 0.3 is 0 Å². The molecule has 0 aliphatic carbocycles. The Morgan fingerprint density at radius 2 is 2.20 bits per heavy atom. The summed E-state index contributed by atoms with van der Waals surface area (Å²) in [7, 11) is 1.51. The van der Waals surface area contributed by atoms with Crippen molar-refractivity contribution in [3.8, 4) is 0 Å². The maximum absolute atomic E-state index is 10.1. The number of methoxy groups -OCH3 is 1. The fourth-order valence-corrected chi connectivity index (χ4v) is 2.46. The van der Waals surface area contributed by atoms with Crippen LogP contribution in [0.4, 0.5) is 5.82 Å². The highest BCUT2D eigenvalue weighted by atomic mass is 16.6. The molecule has 0 bridgehead atoms. The van der Waals surface area contributed by atoms with Crippen molar-refractivity contribution in [1.82, 2.24) is 14.5 Å². The molecule has 2 aromatic heterocycles. The van der Waals surface area contributed by atoms with E-state index in [0.717, 1.165) is 0 Å². The molecule has 8 heteroatoms. The largest absolute Gasteiger partial charge is 0.387 e. The van der Waals surface area contributed by atoms with Gasteiger partial charge in [0.15, 0.2) is 6.23 Å². The van der Waals surface area contributed by atoms with Crippen molar-refractivity contribution in [2.75, 3.05) is 19.5 Å². The molecule has 3 heterocycles. The summed E-state index contributed by atoms with van der Waals surface area (Å²) in [5.74, 6) is 0.357. The van der Waals surface area contributed by atoms with Crippen LogP contribution in [0.15, 0.2) is 18.6 Å². The molecule has 1 aliphatic heterocycles. The number of nitrogens with zero attached hydrogens (tertiary/aromatic N) is 3. The Balaban J connectivity index is 1.97. The minimum atomic E-state index is -1.07. The average molecular weight is 280 g/mol. The molecule has 1 fully saturated rings. The van der Waals surface area contributed by atoms with Gasteiger partial charge in [0.2, 0.25) is 0 Å². The van der Waals surface area contributed by atoms with Crippen LogP contribution in [-0.4, -0.2) is 56.8 Å². The molecule has 0 amide bonds. The van der Waals surface area contributed by atoms with E-state index in [4.69, 9.17) is 15.2 Å². The van der Waals surface area contributed by atoms with Gasteiger partial charge in [-0.25, -0.2) is 9.97 Å². The van der Waals surface area contributed by atoms with Crippen molar-refractivity contribution in [3.05, 3.63) is 18.6 Å². The predicted octanol–water partition coefficient (Wildman–Crippen LogP) is -0.721. The lowest BCUT2D eigenvalue weighted by Gasteiger charge is -2.17. The summed E-state index contributed by atoms with van der Waals surface area (Å²) in [5.41, 5.74) is 6.32. The maximum Gasteiger partial charge on any atom is 0.164 e. The van der Waals surface area contributed by atoms with Crippen LogP contribution in [0.5, 0.6) is 0 Å². The number of nitrogen functional groups attached to an aromatic ring is 1. The number of rotatable bonds is 3. The van der Waals surface area contributed by atoms with Gasteiger partial charge in [-0.05, 0) is 6.07 Å². The second kappa shape index (κ2) is 4.98. The second-order valence-electron chi connectivity index (χ2n) is 4.72. The normalized spacial score (nSPS) is 30.1. The number of hydrogen-bond donors (Lipinski definition) is 3. The molecule has 0 spiro atoms. The quantitative estimate of drug-likeness (QED) is 0.679. The van der Waals surface area contributed by atoms with Crippen molar-refractivity contribution >= 4 is 16.9 Å². The zero-order valence-electron chi connectivity index (χ0n) is 10.9. The topological polar surface area (TPSA) is 116 Å². The van der Waals surface area contributed by atoms with E-state index in [2.05, 4.69) is 9.97 Å². The molecule has 108 valence electrons. The van der Waals surface area contributed by atoms with Gasteiger partial charge in [0, 0.05) is 13.3 Å². The monoisotopic (exact) mass is 280 g/mol. The zero-order valence-corrected chi connectivity index (χ0v) is 10.9. The third-order valence-corrected chi connectivity index (χ3v) is 3.48. The molecular weight excluding hydrogens is 264 g/mol. The van der Waals surface area contributed by atoms with E-state index in [9.17, 15) is 10.2 Å². The van der Waals surface area contributed by atoms with Gasteiger partial charge in [-0.1, -0.05) is 0 Å². The maximum atomic E-state index is 10.1. The lowest BCUT2D eigenvalue weighted by molar-refractivity contribution is -0.0577. The van der Waals surface area contributed by atoms with Crippen LogP contribution in [0.25, 0.3) is 11.0 Å². The second-order valence-corrected chi connectivity index (χ2v) is 4.72. The van der Waals surface area contributed by atoms with Crippen LogP contribution >= 0.6 is 0 Å². The number of anilines is 1. The molecule has 0 aromatic carbocycles. The number of nitrogens with two attached hydrogens (primary N) is 1. The highest BCUT2D eigenvalue weighted by Gasteiger charge is 2.44. The summed E-state index contributed by atoms with van der Waals surface area (Å²) >= 11 is 0. The third-order valence-electron chi connectivity index (χ3n) is 3.48. The first-order chi connectivity index (χ1) is 9.63. The molecule has 1 aliphatic rings. The van der Waals surface area contributed by atoms with Gasteiger partial charge < -0.3 is 30.0 Å². The minimum Gasteiger partial charge on any atom is -0.387 e. The van der Waals surface area contributed by atoms with E-state index < -0.39 is 24.5 Å². The molecule has 1 saturated heterocycles. The van der Waals surface area contributed by atoms with Crippen LogP contribution in [0.3, 0.4) is 0 Å². The Labute approximate surface area is 114 Å². The fraction of sp³-hybridized carbons (Fsp3) is 0.500. The SMILES string of the molecule is COC[C@H]1OC(n2ccc3c(N)ncnc32)[C@H](O)[C@@H]1O. The Bertz CT molecular complexity index is 617. The molecule has 4 N–H and O–H groups in total. The van der Waals surface area contributed by atoms with E-state index in [1.807, 2.05) is 0 Å². The van der Waals surface area contributed by atoms with Crippen LogP contribution in [0, 0.1) is 0 Å². The van der Waals surface area contributed by atoms with Crippen LogP contribution in [0.1, 0.15) is 6.23 Å². The standard InChI is InChI=1S/C12H16N4O4/c1-19-4-7-8(17)9(18)12(20-7)16-3-2-6-10(13)14-5-15-11(6)16/h2-3,5,7-9,12,17-18H,4H2,1H3,(H2,13,14,15)/t7-,8-,9-,12?/m1/s1. The highest BCUT2D eigenvalue weighted by Crippen LogP contribution is 2.32. The lowest BCUT2D eigenvalue weighted by atomic mass is 10.1. The van der Waals surface area contributed by atoms with Crippen LogP contribution < -0.4 is 5.73 Å². The third kappa shape index (κ3) is 1.93. The first kappa shape index (κ1) is 13.3. The number of ether oxygens (including phenoxy) is 2. The number of fused-ring (bicyclic) bond motifs is 1. The molecule has 20 heavy (non-hydrogen) atoms. The van der Waals surface area contributed by atoms with Crippen molar-refractivity contribution in [1.29, 1.82) is 0 Å². The lowest BCUT2D eigenvalue weighted by Crippen LogP contribution is -2.33. The Kier molecular flexibility index (Phi) is 3.30. The van der Waals surface area contributed by atoms with E-state index in [1.54, 1.807) is 16.8 Å². The fourth-order valence-electron chi connectivity index (χ4n) is 2.46. The van der Waals surface area contributed by atoms with Crippen molar-refractivity contribution in [2.24, 2.45) is 0 Å². The number of aromatic nitrogens is 3. The summed E-state index contributed by atoms with van der Waals surface area (Å²) in [6.07, 6.45) is -0.364. The van der Waals surface area contributed by atoms with E-state index in [1.165, 1.54) is 13.4 Å². The molecule has 0 saturated carbocycles. The van der Waals surface area contributed by atoms with Crippen molar-refractivity contribution in [2.45, 2.75) is 24.5 Å². The molecule has 3 rings (SSSR count). The predicted molar refractivity (Wildman–Crippen MR) is 69.7 cm³/mol. The van der Waals surface area contributed by atoms with Crippen molar-refractivity contribution < 1.29 is 19.7 Å². The zero-order chi connectivity index (χ0) is 14.3. The summed E-state index contributed by atoms with van der Waals surface area (Å²) in [6, 6.07) is 1.75. The molecule has 2 aromatic rings. The summed E-state index contributed by atoms with van der Waals surface area (Å²) in [4.78, 5) is 8.05. The summed E-state index contributed by atoms with van der Waals surface area (Å²) in [5, 5.41) is 20.8. The van der Waals surface area contributed by atoms with Gasteiger partial charge in [0.05, 0.1) is 12.0 Å². The first-order valence-electron chi connectivity index (χ1n) is 6.21. The Morgan fingerprint density at radius 3 is 2.95 bits per heavy atom. The van der Waals surface area contributed by atoms with Gasteiger partial charge in [-0.2, -0.15) is 0 Å². The molecule has 0 radical (unpaired) electrons.